The Balaban J connectivity index is 2.18. The van der Waals surface area contributed by atoms with Gasteiger partial charge >= 0.3 is 0 Å². The van der Waals surface area contributed by atoms with Crippen molar-refractivity contribution in [1.29, 1.82) is 0 Å². The fourth-order valence-corrected chi connectivity index (χ4v) is 2.33. The van der Waals surface area contributed by atoms with Crippen molar-refractivity contribution in [2.75, 3.05) is 0 Å². The molecule has 0 radical (unpaired) electrons. The Morgan fingerprint density at radius 2 is 2.00 bits per heavy atom. The largest absolute Gasteiger partial charge is 0.268 e. The molecule has 0 bridgehead atoms. The molecule has 1 aromatic heterocycles. The Kier molecular flexibility index (Phi) is 2.27. The minimum Gasteiger partial charge on any atom is -0.268 e. The minimum atomic E-state index is 0.125. The summed E-state index contributed by atoms with van der Waals surface area (Å²) >= 11 is 6.33. The van der Waals surface area contributed by atoms with Crippen LogP contribution in [0.4, 0.5) is 0 Å². The number of fused-ring (bicyclic) bond motifs is 1. The summed E-state index contributed by atoms with van der Waals surface area (Å²) in [7, 11) is 0. The molecule has 0 spiro atoms. The lowest BCUT2D eigenvalue weighted by atomic mass is 9.86. The van der Waals surface area contributed by atoms with Crippen molar-refractivity contribution in [1.82, 2.24) is 9.78 Å². The Labute approximate surface area is 107 Å². The molecule has 1 aliphatic carbocycles. The summed E-state index contributed by atoms with van der Waals surface area (Å²) in [6.07, 6.45) is 4.63. The molecule has 2 nitrogen and oxygen atoms in total. The molecule has 1 aliphatic rings. The number of benzene rings is 1. The fourth-order valence-electron chi connectivity index (χ4n) is 2.07. The molecule has 0 N–H and O–H groups in total. The maximum atomic E-state index is 6.33. The van der Waals surface area contributed by atoms with E-state index in [9.17, 15) is 0 Å². The molecule has 2 aromatic rings. The van der Waals surface area contributed by atoms with E-state index < -0.39 is 0 Å². The van der Waals surface area contributed by atoms with Crippen LogP contribution in [0.3, 0.4) is 0 Å². The monoisotopic (exact) mass is 248 g/mol. The smallest absolute Gasteiger partial charge is 0.111 e. The fraction of sp³-hybridized carbons (Fsp3) is 0.500. The van der Waals surface area contributed by atoms with Crippen LogP contribution in [0.15, 0.2) is 18.3 Å². The summed E-state index contributed by atoms with van der Waals surface area (Å²) in [4.78, 5) is 0. The van der Waals surface area contributed by atoms with Gasteiger partial charge in [-0.15, -0.1) is 0 Å². The predicted molar refractivity (Wildman–Crippen MR) is 71.7 cm³/mol. The Morgan fingerprint density at radius 3 is 2.59 bits per heavy atom. The van der Waals surface area contributed by atoms with Crippen molar-refractivity contribution in [2.45, 2.75) is 45.1 Å². The van der Waals surface area contributed by atoms with Crippen LogP contribution in [0, 0.1) is 0 Å². The van der Waals surface area contributed by atoms with Crippen LogP contribution < -0.4 is 0 Å². The van der Waals surface area contributed by atoms with E-state index in [1.807, 2.05) is 6.07 Å². The molecule has 0 atom stereocenters. The predicted octanol–water partition coefficient (Wildman–Crippen LogP) is 4.32. The molecule has 0 unspecified atom stereocenters. The van der Waals surface area contributed by atoms with Gasteiger partial charge in [0.2, 0.25) is 0 Å². The van der Waals surface area contributed by atoms with Crippen molar-refractivity contribution in [2.24, 2.45) is 0 Å². The summed E-state index contributed by atoms with van der Waals surface area (Å²) in [5.41, 5.74) is 2.33. The Morgan fingerprint density at radius 1 is 1.29 bits per heavy atom. The Hall–Kier alpha value is -1.02. The van der Waals surface area contributed by atoms with Crippen molar-refractivity contribution >= 4 is 22.5 Å². The average Bonchev–Trinajstić information content (AvgIpc) is 2.97. The second kappa shape index (κ2) is 3.49. The highest BCUT2D eigenvalue weighted by atomic mass is 35.5. The second-order valence-corrected chi connectivity index (χ2v) is 6.39. The standard InChI is InChI=1S/C14H17ClN2/c1-14(2,3)10-6-9-8-17(11-4-5-11)16-13(9)12(15)7-10/h6-8,11H,4-5H2,1-3H3. The first kappa shape index (κ1) is 11.1. The molecule has 0 saturated heterocycles. The van der Waals surface area contributed by atoms with E-state index in [2.05, 4.69) is 42.8 Å². The summed E-state index contributed by atoms with van der Waals surface area (Å²) in [5.74, 6) is 0. The molecule has 3 heteroatoms. The van der Waals surface area contributed by atoms with Gasteiger partial charge in [-0.1, -0.05) is 32.4 Å². The van der Waals surface area contributed by atoms with Crippen molar-refractivity contribution in [3.05, 3.63) is 28.9 Å². The average molecular weight is 249 g/mol. The zero-order valence-electron chi connectivity index (χ0n) is 10.5. The zero-order chi connectivity index (χ0) is 12.2. The highest BCUT2D eigenvalue weighted by Gasteiger charge is 2.25. The number of nitrogens with zero attached hydrogens (tertiary/aromatic N) is 2. The van der Waals surface area contributed by atoms with Crippen LogP contribution in [0.25, 0.3) is 10.9 Å². The molecule has 1 aromatic carbocycles. The van der Waals surface area contributed by atoms with Crippen LogP contribution >= 0.6 is 11.6 Å². The van der Waals surface area contributed by atoms with E-state index in [-0.39, 0.29) is 5.41 Å². The van der Waals surface area contributed by atoms with Crippen LogP contribution in [-0.4, -0.2) is 9.78 Å². The third kappa shape index (κ3) is 1.95. The number of hydrogen-bond donors (Lipinski definition) is 0. The highest BCUT2D eigenvalue weighted by molar-refractivity contribution is 6.35. The van der Waals surface area contributed by atoms with Gasteiger partial charge in [0.25, 0.3) is 0 Å². The van der Waals surface area contributed by atoms with Crippen molar-refractivity contribution in [3.8, 4) is 0 Å². The Bertz CT molecular complexity index is 574. The maximum Gasteiger partial charge on any atom is 0.111 e. The topological polar surface area (TPSA) is 17.8 Å². The van der Waals surface area contributed by atoms with Crippen LogP contribution in [0.1, 0.15) is 45.2 Å². The van der Waals surface area contributed by atoms with Gasteiger partial charge in [0.1, 0.15) is 5.52 Å². The van der Waals surface area contributed by atoms with Crippen LogP contribution in [0.2, 0.25) is 5.02 Å². The molecular formula is C14H17ClN2. The van der Waals surface area contributed by atoms with Crippen LogP contribution in [0.5, 0.6) is 0 Å². The van der Waals surface area contributed by atoms with E-state index >= 15 is 0 Å². The number of hydrogen-bond acceptors (Lipinski definition) is 1. The van der Waals surface area contributed by atoms with E-state index in [4.69, 9.17) is 11.6 Å². The van der Waals surface area contributed by atoms with Gasteiger partial charge in [-0.3, -0.25) is 4.68 Å². The maximum absolute atomic E-state index is 6.33. The summed E-state index contributed by atoms with van der Waals surface area (Å²) in [5, 5.41) is 6.51. The molecule has 0 aliphatic heterocycles. The molecule has 3 rings (SSSR count). The number of halogens is 1. The molecule has 1 fully saturated rings. The molecular weight excluding hydrogens is 232 g/mol. The van der Waals surface area contributed by atoms with E-state index in [0.717, 1.165) is 15.9 Å². The van der Waals surface area contributed by atoms with Gasteiger partial charge in [-0.05, 0) is 36.0 Å². The number of rotatable bonds is 1. The van der Waals surface area contributed by atoms with E-state index in [1.54, 1.807) is 0 Å². The highest BCUT2D eigenvalue weighted by Crippen LogP contribution is 2.37. The lowest BCUT2D eigenvalue weighted by Gasteiger charge is -2.19. The first-order valence-corrected chi connectivity index (χ1v) is 6.52. The lowest BCUT2D eigenvalue weighted by molar-refractivity contribution is 0.591. The van der Waals surface area contributed by atoms with Gasteiger partial charge in [0, 0.05) is 11.6 Å². The SMILES string of the molecule is CC(C)(C)c1cc(Cl)c2nn(C3CC3)cc2c1. The second-order valence-electron chi connectivity index (χ2n) is 5.99. The minimum absolute atomic E-state index is 0.125. The first-order chi connectivity index (χ1) is 7.95. The third-order valence-corrected chi connectivity index (χ3v) is 3.65. The zero-order valence-corrected chi connectivity index (χ0v) is 11.3. The quantitative estimate of drug-likeness (QED) is 0.735. The van der Waals surface area contributed by atoms with Gasteiger partial charge in [0.05, 0.1) is 11.1 Å². The molecule has 1 heterocycles. The van der Waals surface area contributed by atoms with Gasteiger partial charge < -0.3 is 0 Å². The normalized spacial score (nSPS) is 16.7. The molecule has 0 amide bonds. The van der Waals surface area contributed by atoms with Crippen LogP contribution in [-0.2, 0) is 5.41 Å². The van der Waals surface area contributed by atoms with Gasteiger partial charge in [0.15, 0.2) is 0 Å². The third-order valence-electron chi connectivity index (χ3n) is 3.37. The lowest BCUT2D eigenvalue weighted by Crippen LogP contribution is -2.10. The summed E-state index contributed by atoms with van der Waals surface area (Å²) in [6.45, 7) is 6.61. The first-order valence-electron chi connectivity index (χ1n) is 6.14. The van der Waals surface area contributed by atoms with E-state index in [0.29, 0.717) is 6.04 Å². The van der Waals surface area contributed by atoms with Gasteiger partial charge in [-0.2, -0.15) is 5.10 Å². The molecule has 1 saturated carbocycles. The number of aromatic nitrogens is 2. The summed E-state index contributed by atoms with van der Waals surface area (Å²) < 4.78 is 2.07. The van der Waals surface area contributed by atoms with Gasteiger partial charge in [-0.25, -0.2) is 0 Å². The van der Waals surface area contributed by atoms with E-state index in [1.165, 1.54) is 18.4 Å². The van der Waals surface area contributed by atoms with Crippen molar-refractivity contribution in [3.63, 3.8) is 0 Å². The molecule has 17 heavy (non-hydrogen) atoms. The van der Waals surface area contributed by atoms with Crippen molar-refractivity contribution < 1.29 is 0 Å². The molecule has 90 valence electrons. The summed E-state index contributed by atoms with van der Waals surface area (Å²) in [6, 6.07) is 4.87.